The lowest BCUT2D eigenvalue weighted by atomic mass is 9.78. The number of thioether (sulfide) groups is 1. The molecular weight excluding hydrogens is 459 g/mol. The summed E-state index contributed by atoms with van der Waals surface area (Å²) in [5, 5.41) is 14.0. The van der Waals surface area contributed by atoms with Crippen LogP contribution in [0.1, 0.15) is 17.0 Å². The molecule has 0 aliphatic carbocycles. The Balaban J connectivity index is 2.02. The molecule has 0 saturated heterocycles. The number of nitrogens with one attached hydrogen (secondary N) is 1. The van der Waals surface area contributed by atoms with Crippen molar-refractivity contribution in [2.45, 2.75) is 11.7 Å². The molecule has 0 spiro atoms. The van der Waals surface area contributed by atoms with E-state index in [2.05, 4.69) is 11.4 Å². The summed E-state index contributed by atoms with van der Waals surface area (Å²) in [4.78, 5) is 25.3. The van der Waals surface area contributed by atoms with E-state index in [0.29, 0.717) is 32.1 Å². The molecule has 0 bridgehead atoms. The van der Waals surface area contributed by atoms with E-state index < -0.39 is 23.7 Å². The first-order valence-electron chi connectivity index (χ1n) is 9.13. The summed E-state index contributed by atoms with van der Waals surface area (Å²) in [6.45, 7) is 0. The maximum atomic E-state index is 12.9. The smallest absolute Gasteiger partial charge is 0.319 e. The lowest BCUT2D eigenvalue weighted by Gasteiger charge is -2.31. The van der Waals surface area contributed by atoms with Crippen molar-refractivity contribution in [1.82, 2.24) is 5.32 Å². The predicted molar refractivity (Wildman–Crippen MR) is 120 cm³/mol. The fraction of sp³-hybridized carbons (Fsp3) is 0.227. The minimum absolute atomic E-state index is 0.273. The van der Waals surface area contributed by atoms with Gasteiger partial charge in [0.25, 0.3) is 0 Å². The zero-order valence-electron chi connectivity index (χ0n) is 16.6. The maximum absolute atomic E-state index is 12.9. The lowest BCUT2D eigenvalue weighted by molar-refractivity contribution is -0.150. The average molecular weight is 477 g/mol. The molecule has 0 saturated carbocycles. The number of halogens is 2. The maximum Gasteiger partial charge on any atom is 0.319 e. The van der Waals surface area contributed by atoms with Crippen LogP contribution in [0.2, 0.25) is 10.0 Å². The number of carbonyl (C=O) groups is 2. The van der Waals surface area contributed by atoms with Crippen LogP contribution in [0.3, 0.4) is 0 Å². The molecule has 31 heavy (non-hydrogen) atoms. The van der Waals surface area contributed by atoms with Crippen LogP contribution in [0.4, 0.5) is 0 Å². The molecule has 2 aromatic rings. The van der Waals surface area contributed by atoms with Crippen LogP contribution in [0.5, 0.6) is 5.75 Å². The van der Waals surface area contributed by atoms with Gasteiger partial charge >= 0.3 is 5.97 Å². The average Bonchev–Trinajstić information content (AvgIpc) is 2.77. The van der Waals surface area contributed by atoms with Crippen LogP contribution < -0.4 is 10.1 Å². The van der Waals surface area contributed by atoms with Gasteiger partial charge in [-0.3, -0.25) is 9.59 Å². The Morgan fingerprint density at radius 1 is 1.19 bits per heavy atom. The number of amides is 1. The Kier molecular flexibility index (Phi) is 7.50. The van der Waals surface area contributed by atoms with E-state index in [9.17, 15) is 14.9 Å². The van der Waals surface area contributed by atoms with Crippen LogP contribution in [0.15, 0.2) is 53.1 Å². The number of rotatable bonds is 6. The molecule has 1 heterocycles. The minimum atomic E-state index is -1.18. The topological polar surface area (TPSA) is 88.4 Å². The number of nitrogens with zero attached hydrogens (tertiary/aromatic N) is 1. The van der Waals surface area contributed by atoms with Crippen molar-refractivity contribution in [3.05, 3.63) is 74.2 Å². The molecule has 1 aliphatic heterocycles. The molecule has 3 rings (SSSR count). The van der Waals surface area contributed by atoms with Crippen LogP contribution in [0.25, 0.3) is 0 Å². The molecule has 0 radical (unpaired) electrons. The van der Waals surface area contributed by atoms with Crippen molar-refractivity contribution in [3.63, 3.8) is 0 Å². The monoisotopic (exact) mass is 476 g/mol. The first kappa shape index (κ1) is 23.0. The van der Waals surface area contributed by atoms with E-state index in [1.807, 2.05) is 0 Å². The Morgan fingerprint density at radius 2 is 1.90 bits per heavy atom. The standard InChI is InChI=1S/C22H18Cl2N2O4S/c1-29-15-7-4-12(5-8-15)18-16(10-25)21(26-20(27)19(18)22(28)30-2)31-11-13-3-6-14(23)9-17(13)24/h3-9,18-19H,11H2,1-2H3,(H,26,27)/t18-,19-/m0/s1. The Hall–Kier alpha value is -2.66. The van der Waals surface area contributed by atoms with Gasteiger partial charge in [0.15, 0.2) is 0 Å². The fourth-order valence-electron chi connectivity index (χ4n) is 3.28. The van der Waals surface area contributed by atoms with Crippen molar-refractivity contribution in [1.29, 1.82) is 5.26 Å². The zero-order valence-corrected chi connectivity index (χ0v) is 19.0. The highest BCUT2D eigenvalue weighted by Gasteiger charge is 2.44. The number of benzene rings is 2. The van der Waals surface area contributed by atoms with Gasteiger partial charge in [0.2, 0.25) is 5.91 Å². The van der Waals surface area contributed by atoms with E-state index in [1.54, 1.807) is 42.5 Å². The van der Waals surface area contributed by atoms with Crippen LogP contribution >= 0.6 is 35.0 Å². The van der Waals surface area contributed by atoms with E-state index in [4.69, 9.17) is 32.7 Å². The van der Waals surface area contributed by atoms with Gasteiger partial charge in [-0.1, -0.05) is 41.4 Å². The molecule has 1 aliphatic rings. The molecule has 9 heteroatoms. The molecule has 0 fully saturated rings. The highest BCUT2D eigenvalue weighted by molar-refractivity contribution is 8.02. The quantitative estimate of drug-likeness (QED) is 0.481. The largest absolute Gasteiger partial charge is 0.497 e. The third kappa shape index (κ3) is 4.99. The van der Waals surface area contributed by atoms with E-state index in [1.165, 1.54) is 26.0 Å². The summed E-state index contributed by atoms with van der Waals surface area (Å²) in [6.07, 6.45) is 0. The number of allylic oxidation sites excluding steroid dienone is 1. The van der Waals surface area contributed by atoms with E-state index in [-0.39, 0.29) is 5.57 Å². The summed E-state index contributed by atoms with van der Waals surface area (Å²) in [6, 6.07) is 14.2. The van der Waals surface area contributed by atoms with Gasteiger partial charge in [-0.2, -0.15) is 5.26 Å². The predicted octanol–water partition coefficient (Wildman–Crippen LogP) is 4.67. The van der Waals surface area contributed by atoms with Gasteiger partial charge in [-0.15, -0.1) is 11.8 Å². The van der Waals surface area contributed by atoms with E-state index >= 15 is 0 Å². The van der Waals surface area contributed by atoms with Crippen molar-refractivity contribution >= 4 is 46.8 Å². The summed E-state index contributed by atoms with van der Waals surface area (Å²) in [7, 11) is 2.75. The van der Waals surface area contributed by atoms with Crippen molar-refractivity contribution < 1.29 is 19.1 Å². The highest BCUT2D eigenvalue weighted by Crippen LogP contribution is 2.41. The fourth-order valence-corrected chi connectivity index (χ4v) is 4.89. The van der Waals surface area contributed by atoms with Crippen LogP contribution in [-0.2, 0) is 20.1 Å². The summed E-state index contributed by atoms with van der Waals surface area (Å²) in [5.41, 5.74) is 1.70. The Bertz CT molecular complexity index is 1080. The van der Waals surface area contributed by atoms with Crippen LogP contribution in [-0.4, -0.2) is 26.1 Å². The van der Waals surface area contributed by atoms with Crippen molar-refractivity contribution in [2.24, 2.45) is 5.92 Å². The van der Waals surface area contributed by atoms with Crippen LogP contribution in [0, 0.1) is 17.2 Å². The number of carbonyl (C=O) groups excluding carboxylic acids is 2. The third-order valence-corrected chi connectivity index (χ3v) is 6.50. The number of hydrogen-bond donors (Lipinski definition) is 1. The number of nitriles is 1. The highest BCUT2D eigenvalue weighted by atomic mass is 35.5. The summed E-state index contributed by atoms with van der Waals surface area (Å²) >= 11 is 13.4. The van der Waals surface area contributed by atoms with Gasteiger partial charge in [-0.25, -0.2) is 0 Å². The molecule has 0 unspecified atom stereocenters. The second-order valence-corrected chi connectivity index (χ2v) is 8.45. The van der Waals surface area contributed by atoms with Gasteiger partial charge in [0.05, 0.1) is 30.9 Å². The molecular formula is C22H18Cl2N2O4S. The van der Waals surface area contributed by atoms with Gasteiger partial charge < -0.3 is 14.8 Å². The molecule has 0 aromatic heterocycles. The summed E-state index contributed by atoms with van der Waals surface area (Å²) in [5.74, 6) is -2.20. The van der Waals surface area contributed by atoms with Crippen molar-refractivity contribution in [2.75, 3.05) is 14.2 Å². The van der Waals surface area contributed by atoms with Gasteiger partial charge in [0, 0.05) is 21.7 Å². The minimum Gasteiger partial charge on any atom is -0.497 e. The Labute approximate surface area is 194 Å². The second-order valence-electron chi connectivity index (χ2n) is 6.62. The first-order chi connectivity index (χ1) is 14.9. The van der Waals surface area contributed by atoms with Crippen molar-refractivity contribution in [3.8, 4) is 11.8 Å². The second kappa shape index (κ2) is 10.1. The molecule has 2 atom stereocenters. The van der Waals surface area contributed by atoms with E-state index in [0.717, 1.165) is 5.56 Å². The third-order valence-electron chi connectivity index (χ3n) is 4.85. The number of methoxy groups -OCH3 is 2. The number of esters is 1. The molecule has 1 N–H and O–H groups in total. The summed E-state index contributed by atoms with van der Waals surface area (Å²) < 4.78 is 10.0. The molecule has 6 nitrogen and oxygen atoms in total. The molecule has 2 aromatic carbocycles. The first-order valence-corrected chi connectivity index (χ1v) is 10.9. The molecule has 1 amide bonds. The molecule has 160 valence electrons. The SMILES string of the molecule is COC(=O)[C@@H]1C(=O)NC(SCc2ccc(Cl)cc2Cl)=C(C#N)[C@@H]1c1ccc(OC)cc1. The number of hydrogen-bond acceptors (Lipinski definition) is 6. The van der Waals surface area contributed by atoms with Gasteiger partial charge in [-0.05, 0) is 35.4 Å². The van der Waals surface area contributed by atoms with Gasteiger partial charge in [0.1, 0.15) is 11.7 Å². The normalized spacial score (nSPS) is 18.2. The Morgan fingerprint density at radius 3 is 2.48 bits per heavy atom. The number of ether oxygens (including phenoxy) is 2. The lowest BCUT2D eigenvalue weighted by Crippen LogP contribution is -2.44. The zero-order chi connectivity index (χ0) is 22.5.